The van der Waals surface area contributed by atoms with Crippen molar-refractivity contribution in [1.82, 2.24) is 15.1 Å². The highest BCUT2D eigenvalue weighted by Gasteiger charge is 2.24. The van der Waals surface area contributed by atoms with Crippen LogP contribution in [0.25, 0.3) is 0 Å². The number of carbonyl (C=O) groups is 2. The molecule has 0 spiro atoms. The van der Waals surface area contributed by atoms with Crippen molar-refractivity contribution in [3.63, 3.8) is 0 Å². The molecule has 0 saturated carbocycles. The predicted octanol–water partition coefficient (Wildman–Crippen LogP) is 3.88. The van der Waals surface area contributed by atoms with Crippen LogP contribution in [0.3, 0.4) is 0 Å². The zero-order chi connectivity index (χ0) is 26.3. The molecule has 2 amide bonds. The third kappa shape index (κ3) is 7.19. The van der Waals surface area contributed by atoms with Gasteiger partial charge < -0.3 is 15.3 Å². The molecule has 3 rings (SSSR count). The van der Waals surface area contributed by atoms with Gasteiger partial charge in [0.1, 0.15) is 11.7 Å². The second kappa shape index (κ2) is 12.5. The van der Waals surface area contributed by atoms with Crippen LogP contribution < -0.4 is 5.32 Å². The van der Waals surface area contributed by atoms with Crippen LogP contribution in [0.15, 0.2) is 52.4 Å². The Bertz CT molecular complexity index is 1240. The fourth-order valence-corrected chi connectivity index (χ4v) is 5.67. The summed E-state index contributed by atoms with van der Waals surface area (Å²) < 4.78 is 24.9. The van der Waals surface area contributed by atoms with Gasteiger partial charge >= 0.3 is 6.09 Å². The van der Waals surface area contributed by atoms with E-state index in [4.69, 9.17) is 23.2 Å². The maximum absolute atomic E-state index is 12.5. The number of rotatable bonds is 11. The molecule has 0 aliphatic carbocycles. The molecule has 2 N–H and O–H groups in total. The summed E-state index contributed by atoms with van der Waals surface area (Å²) in [6.07, 6.45) is 0.559. The van der Waals surface area contributed by atoms with Gasteiger partial charge in [0.15, 0.2) is 9.84 Å². The third-order valence-corrected chi connectivity index (χ3v) is 8.19. The first-order valence-electron chi connectivity index (χ1n) is 11.4. The van der Waals surface area contributed by atoms with E-state index in [0.29, 0.717) is 51.3 Å². The first-order chi connectivity index (χ1) is 17.1. The van der Waals surface area contributed by atoms with Crippen molar-refractivity contribution in [2.45, 2.75) is 30.7 Å². The summed E-state index contributed by atoms with van der Waals surface area (Å²) >= 11 is 11.9. The van der Waals surface area contributed by atoms with Gasteiger partial charge in [0.05, 0.1) is 28.0 Å². The normalized spacial score (nSPS) is 13.5. The number of hydrogen-bond donors (Lipinski definition) is 2. The fourth-order valence-electron chi connectivity index (χ4n) is 3.73. The minimum Gasteiger partial charge on any atom is -0.465 e. The average Bonchev–Trinajstić information content (AvgIpc) is 3.33. The van der Waals surface area contributed by atoms with E-state index < -0.39 is 15.9 Å². The van der Waals surface area contributed by atoms with Gasteiger partial charge in [-0.25, -0.2) is 13.2 Å². The Kier molecular flexibility index (Phi) is 9.72. The molecule has 2 aromatic rings. The van der Waals surface area contributed by atoms with Gasteiger partial charge in [-0.3, -0.25) is 14.7 Å². The van der Waals surface area contributed by atoms with Crippen LogP contribution in [0.2, 0.25) is 10.0 Å². The number of unbranched alkanes of at least 4 members (excludes halogenated alkanes) is 1. The number of benzene rings is 2. The molecule has 194 valence electrons. The molecular weight excluding hydrogens is 527 g/mol. The quantitative estimate of drug-likeness (QED) is 0.406. The molecule has 12 heteroatoms. The van der Waals surface area contributed by atoms with Gasteiger partial charge in [-0.15, -0.1) is 0 Å². The van der Waals surface area contributed by atoms with Crippen LogP contribution in [0.1, 0.15) is 30.4 Å². The zero-order valence-electron chi connectivity index (χ0n) is 19.8. The molecule has 0 radical (unpaired) electrons. The lowest BCUT2D eigenvalue weighted by Gasteiger charge is -2.18. The number of hydrogen-bond acceptors (Lipinski definition) is 6. The highest BCUT2D eigenvalue weighted by Crippen LogP contribution is 2.29. The molecule has 0 fully saturated rings. The number of carboxylic acid groups (broad SMARTS) is 1. The van der Waals surface area contributed by atoms with Crippen molar-refractivity contribution in [3.8, 4) is 0 Å². The number of amides is 2. The summed E-state index contributed by atoms with van der Waals surface area (Å²) in [4.78, 5) is 30.9. The Labute approximate surface area is 220 Å². The van der Waals surface area contributed by atoms with E-state index in [2.05, 4.69) is 10.3 Å². The van der Waals surface area contributed by atoms with E-state index in [1.54, 1.807) is 11.9 Å². The molecule has 0 aromatic heterocycles. The first kappa shape index (κ1) is 27.9. The molecule has 1 aliphatic heterocycles. The Hall–Kier alpha value is -2.66. The second-order valence-electron chi connectivity index (χ2n) is 8.35. The van der Waals surface area contributed by atoms with Crippen LogP contribution in [-0.4, -0.2) is 73.7 Å². The molecule has 2 aromatic carbocycles. The van der Waals surface area contributed by atoms with Crippen molar-refractivity contribution >= 4 is 50.9 Å². The molecule has 0 atom stereocenters. The standard InChI is InChI=1S/C24H28Cl2N4O5S/c1-29(15-17-8-10-18(11-9-17)23-28-13-14-30(23)24(32)33)21(31)7-2-3-12-27-16-36(34,35)20-6-4-5-19(25)22(20)26/h4-6,8-11,27H,2-3,7,12-16H2,1H3,(H,32,33). The molecule has 1 heterocycles. The number of sulfone groups is 1. The van der Waals surface area contributed by atoms with Crippen molar-refractivity contribution < 1.29 is 23.1 Å². The smallest absolute Gasteiger partial charge is 0.413 e. The van der Waals surface area contributed by atoms with E-state index >= 15 is 0 Å². The topological polar surface area (TPSA) is 119 Å². The first-order valence-corrected chi connectivity index (χ1v) is 13.8. The number of carbonyl (C=O) groups excluding carboxylic acids is 1. The van der Waals surface area contributed by atoms with Crippen molar-refractivity contribution in [3.05, 3.63) is 63.6 Å². The SMILES string of the molecule is CN(Cc1ccc(C2=NCCN2C(=O)O)cc1)C(=O)CCCCNCS(=O)(=O)c1cccc(Cl)c1Cl. The average molecular weight is 555 g/mol. The highest BCUT2D eigenvalue weighted by molar-refractivity contribution is 7.91. The Morgan fingerprint density at radius 1 is 1.14 bits per heavy atom. The third-order valence-electron chi connectivity index (χ3n) is 5.67. The molecule has 0 saturated heterocycles. The Morgan fingerprint density at radius 2 is 1.86 bits per heavy atom. The van der Waals surface area contributed by atoms with Gasteiger partial charge in [-0.05, 0) is 37.1 Å². The lowest BCUT2D eigenvalue weighted by Crippen LogP contribution is -2.33. The summed E-state index contributed by atoms with van der Waals surface area (Å²) in [7, 11) is -1.90. The highest BCUT2D eigenvalue weighted by atomic mass is 35.5. The Balaban J connectivity index is 1.38. The van der Waals surface area contributed by atoms with E-state index in [0.717, 1.165) is 11.1 Å². The summed E-state index contributed by atoms with van der Waals surface area (Å²) in [6.45, 7) is 1.66. The van der Waals surface area contributed by atoms with Crippen LogP contribution in [-0.2, 0) is 21.2 Å². The van der Waals surface area contributed by atoms with Gasteiger partial charge in [-0.1, -0.05) is 53.5 Å². The van der Waals surface area contributed by atoms with E-state index in [-0.39, 0.29) is 26.7 Å². The van der Waals surface area contributed by atoms with Crippen molar-refractivity contribution in [2.24, 2.45) is 4.99 Å². The molecular formula is C24H28Cl2N4O5S. The molecule has 9 nitrogen and oxygen atoms in total. The van der Waals surface area contributed by atoms with Crippen LogP contribution >= 0.6 is 23.2 Å². The number of nitrogens with one attached hydrogen (secondary N) is 1. The van der Waals surface area contributed by atoms with Gasteiger partial charge in [0, 0.05) is 25.6 Å². The summed E-state index contributed by atoms with van der Waals surface area (Å²) in [5.74, 6) is 0.151. The zero-order valence-corrected chi connectivity index (χ0v) is 22.1. The minimum atomic E-state index is -3.62. The lowest BCUT2D eigenvalue weighted by molar-refractivity contribution is -0.130. The van der Waals surface area contributed by atoms with E-state index in [9.17, 15) is 23.1 Å². The number of amidine groups is 1. The van der Waals surface area contributed by atoms with Crippen LogP contribution in [0.5, 0.6) is 0 Å². The summed E-state index contributed by atoms with van der Waals surface area (Å²) in [5, 5.41) is 12.3. The second-order valence-corrected chi connectivity index (χ2v) is 11.1. The molecule has 0 unspecified atom stereocenters. The Morgan fingerprint density at radius 3 is 2.56 bits per heavy atom. The fraction of sp³-hybridized carbons (Fsp3) is 0.375. The van der Waals surface area contributed by atoms with Gasteiger partial charge in [0.25, 0.3) is 0 Å². The minimum absolute atomic E-state index is 0.00977. The number of aliphatic imine (C=N–C) groups is 1. The van der Waals surface area contributed by atoms with Crippen molar-refractivity contribution in [2.75, 3.05) is 32.6 Å². The van der Waals surface area contributed by atoms with Crippen molar-refractivity contribution in [1.29, 1.82) is 0 Å². The summed E-state index contributed by atoms with van der Waals surface area (Å²) in [5.41, 5.74) is 1.64. The number of halogens is 2. The number of nitrogens with zero attached hydrogens (tertiary/aromatic N) is 3. The molecule has 0 bridgehead atoms. The van der Waals surface area contributed by atoms with Gasteiger partial charge in [0.2, 0.25) is 5.91 Å². The molecule has 36 heavy (non-hydrogen) atoms. The monoisotopic (exact) mass is 554 g/mol. The van der Waals surface area contributed by atoms with Crippen LogP contribution in [0.4, 0.5) is 4.79 Å². The maximum Gasteiger partial charge on any atom is 0.413 e. The summed E-state index contributed by atoms with van der Waals surface area (Å²) in [6, 6.07) is 11.8. The van der Waals surface area contributed by atoms with Crippen LogP contribution in [0, 0.1) is 0 Å². The molecule has 1 aliphatic rings. The van der Waals surface area contributed by atoms with E-state index in [1.165, 1.54) is 23.1 Å². The van der Waals surface area contributed by atoms with E-state index in [1.807, 2.05) is 24.3 Å². The van der Waals surface area contributed by atoms with Gasteiger partial charge in [-0.2, -0.15) is 0 Å². The lowest BCUT2D eigenvalue weighted by atomic mass is 10.1. The maximum atomic E-state index is 12.5. The predicted molar refractivity (Wildman–Crippen MR) is 139 cm³/mol. The largest absolute Gasteiger partial charge is 0.465 e.